The smallest absolute Gasteiger partial charge is 0.251 e. The number of Topliss-reactive ketones (excluding diaryl/α,β-unsaturated/α-hetero) is 1. The molecule has 1 aromatic carbocycles. The van der Waals surface area contributed by atoms with E-state index in [0.717, 1.165) is 34.8 Å². The van der Waals surface area contributed by atoms with Crippen molar-refractivity contribution in [1.29, 1.82) is 0 Å². The average molecular weight is 357 g/mol. The third-order valence-corrected chi connectivity index (χ3v) is 5.47. The Morgan fingerprint density at radius 2 is 1.96 bits per heavy atom. The fraction of sp³-hybridized carbons (Fsp3) is 0.400. The number of nitrogens with one attached hydrogen (secondary N) is 1. The van der Waals surface area contributed by atoms with Gasteiger partial charge in [-0.15, -0.1) is 11.3 Å². The Kier molecular flexibility index (Phi) is 5.66. The Balaban J connectivity index is 1.63. The number of amides is 1. The van der Waals surface area contributed by atoms with Crippen molar-refractivity contribution < 1.29 is 14.3 Å². The number of carbonyl (C=O) groups excluding carboxylic acids is 2. The van der Waals surface area contributed by atoms with Gasteiger partial charge in [0.05, 0.1) is 11.0 Å². The summed E-state index contributed by atoms with van der Waals surface area (Å²) in [5.41, 5.74) is 1.65. The highest BCUT2D eigenvalue weighted by Gasteiger charge is 2.17. The van der Waals surface area contributed by atoms with E-state index < -0.39 is 0 Å². The fourth-order valence-electron chi connectivity index (χ4n) is 2.81. The standard InChI is InChI=1S/C20H23NO3S/c1-13(2)19(22)18-10-9-17(25-18)14-5-7-15(8-6-14)20(23)21-12-16-4-3-11-24-16/h5-10,13,16H,3-4,11-12H2,1-2H3,(H,21,23)/t16-/m1/s1. The molecule has 1 fully saturated rings. The maximum Gasteiger partial charge on any atom is 0.251 e. The number of hydrogen-bond acceptors (Lipinski definition) is 4. The highest BCUT2D eigenvalue weighted by molar-refractivity contribution is 7.17. The Labute approximate surface area is 152 Å². The van der Waals surface area contributed by atoms with Crippen LogP contribution in [0.3, 0.4) is 0 Å². The summed E-state index contributed by atoms with van der Waals surface area (Å²) >= 11 is 1.50. The molecule has 0 spiro atoms. The van der Waals surface area contributed by atoms with Gasteiger partial charge in [-0.1, -0.05) is 26.0 Å². The Hall–Kier alpha value is -1.98. The van der Waals surface area contributed by atoms with Crippen LogP contribution in [0.25, 0.3) is 10.4 Å². The molecule has 0 saturated carbocycles. The molecule has 3 rings (SSSR count). The molecule has 0 unspecified atom stereocenters. The van der Waals surface area contributed by atoms with E-state index in [0.29, 0.717) is 12.1 Å². The Morgan fingerprint density at radius 3 is 2.60 bits per heavy atom. The molecule has 0 aliphatic carbocycles. The monoisotopic (exact) mass is 357 g/mol. The zero-order valence-electron chi connectivity index (χ0n) is 14.6. The lowest BCUT2D eigenvalue weighted by atomic mass is 10.1. The number of ketones is 1. The van der Waals surface area contributed by atoms with Crippen molar-refractivity contribution in [3.8, 4) is 10.4 Å². The van der Waals surface area contributed by atoms with Crippen LogP contribution in [0.5, 0.6) is 0 Å². The van der Waals surface area contributed by atoms with Gasteiger partial charge in [0.2, 0.25) is 0 Å². The molecule has 132 valence electrons. The van der Waals surface area contributed by atoms with Crippen LogP contribution in [-0.2, 0) is 4.74 Å². The van der Waals surface area contributed by atoms with E-state index in [9.17, 15) is 9.59 Å². The quantitative estimate of drug-likeness (QED) is 0.790. The first kappa shape index (κ1) is 17.8. The minimum Gasteiger partial charge on any atom is -0.376 e. The lowest BCUT2D eigenvalue weighted by Crippen LogP contribution is -2.31. The van der Waals surface area contributed by atoms with Gasteiger partial charge in [-0.3, -0.25) is 9.59 Å². The summed E-state index contributed by atoms with van der Waals surface area (Å²) in [5.74, 6) is 0.0895. The Bertz CT molecular complexity index is 743. The first-order valence-electron chi connectivity index (χ1n) is 8.69. The first-order valence-corrected chi connectivity index (χ1v) is 9.50. The van der Waals surface area contributed by atoms with Gasteiger partial charge in [-0.2, -0.15) is 0 Å². The molecule has 1 amide bonds. The molecule has 2 aromatic rings. The molecular weight excluding hydrogens is 334 g/mol. The van der Waals surface area contributed by atoms with Crippen molar-refractivity contribution in [3.05, 3.63) is 46.8 Å². The zero-order valence-corrected chi connectivity index (χ0v) is 15.4. The second kappa shape index (κ2) is 7.93. The molecule has 1 N–H and O–H groups in total. The van der Waals surface area contributed by atoms with Gasteiger partial charge in [0.1, 0.15) is 0 Å². The molecule has 1 atom stereocenters. The lowest BCUT2D eigenvalue weighted by Gasteiger charge is -2.11. The summed E-state index contributed by atoms with van der Waals surface area (Å²) < 4.78 is 5.51. The van der Waals surface area contributed by atoms with Gasteiger partial charge < -0.3 is 10.1 Å². The second-order valence-corrected chi connectivity index (χ2v) is 7.69. The molecule has 1 saturated heterocycles. The number of ether oxygens (including phenoxy) is 1. The molecule has 1 aliphatic rings. The molecular formula is C20H23NO3S. The van der Waals surface area contributed by atoms with Crippen LogP contribution in [0.4, 0.5) is 0 Å². The Morgan fingerprint density at radius 1 is 1.20 bits per heavy atom. The number of rotatable bonds is 6. The number of thiophene rings is 1. The predicted octanol–water partition coefficient (Wildman–Crippen LogP) is 4.16. The summed E-state index contributed by atoms with van der Waals surface area (Å²) in [5, 5.41) is 2.93. The van der Waals surface area contributed by atoms with E-state index in [1.807, 2.05) is 50.2 Å². The lowest BCUT2D eigenvalue weighted by molar-refractivity contribution is 0.0857. The van der Waals surface area contributed by atoms with Crippen molar-refractivity contribution in [2.24, 2.45) is 5.92 Å². The van der Waals surface area contributed by atoms with Crippen molar-refractivity contribution in [2.75, 3.05) is 13.2 Å². The van der Waals surface area contributed by atoms with Crippen LogP contribution in [0.15, 0.2) is 36.4 Å². The van der Waals surface area contributed by atoms with Gasteiger partial charge in [0, 0.05) is 29.5 Å². The summed E-state index contributed by atoms with van der Waals surface area (Å²) in [4.78, 5) is 26.1. The minimum atomic E-state index is -0.0797. The molecule has 0 bridgehead atoms. The zero-order chi connectivity index (χ0) is 17.8. The van der Waals surface area contributed by atoms with Crippen molar-refractivity contribution in [3.63, 3.8) is 0 Å². The average Bonchev–Trinajstić information content (AvgIpc) is 3.30. The molecule has 5 heteroatoms. The van der Waals surface area contributed by atoms with Crippen LogP contribution in [0, 0.1) is 5.92 Å². The molecule has 25 heavy (non-hydrogen) atoms. The third kappa shape index (κ3) is 4.35. The van der Waals surface area contributed by atoms with Crippen LogP contribution >= 0.6 is 11.3 Å². The van der Waals surface area contributed by atoms with E-state index in [1.54, 1.807) is 0 Å². The van der Waals surface area contributed by atoms with Crippen LogP contribution < -0.4 is 5.32 Å². The van der Waals surface area contributed by atoms with E-state index in [2.05, 4.69) is 5.32 Å². The summed E-state index contributed by atoms with van der Waals surface area (Å²) in [6, 6.07) is 11.3. The molecule has 4 nitrogen and oxygen atoms in total. The maximum atomic E-state index is 12.2. The van der Waals surface area contributed by atoms with Crippen molar-refractivity contribution >= 4 is 23.0 Å². The minimum absolute atomic E-state index is 0.00131. The highest BCUT2D eigenvalue weighted by atomic mass is 32.1. The summed E-state index contributed by atoms with van der Waals surface area (Å²) in [6.45, 7) is 5.17. The molecule has 0 radical (unpaired) electrons. The normalized spacial score (nSPS) is 17.0. The van der Waals surface area contributed by atoms with E-state index in [4.69, 9.17) is 4.74 Å². The van der Waals surface area contributed by atoms with E-state index >= 15 is 0 Å². The third-order valence-electron chi connectivity index (χ3n) is 4.32. The largest absolute Gasteiger partial charge is 0.376 e. The maximum absolute atomic E-state index is 12.2. The summed E-state index contributed by atoms with van der Waals surface area (Å²) in [6.07, 6.45) is 2.22. The van der Waals surface area contributed by atoms with Crippen LogP contribution in [0.2, 0.25) is 0 Å². The van der Waals surface area contributed by atoms with Gasteiger partial charge in [0.25, 0.3) is 5.91 Å². The van der Waals surface area contributed by atoms with E-state index in [-0.39, 0.29) is 23.7 Å². The van der Waals surface area contributed by atoms with Gasteiger partial charge in [0.15, 0.2) is 5.78 Å². The number of hydrogen-bond donors (Lipinski definition) is 1. The van der Waals surface area contributed by atoms with Crippen molar-refractivity contribution in [1.82, 2.24) is 5.32 Å². The van der Waals surface area contributed by atoms with Gasteiger partial charge in [-0.05, 0) is 42.7 Å². The SMILES string of the molecule is CC(C)C(=O)c1ccc(-c2ccc(C(=O)NC[C@H]3CCCO3)cc2)s1. The van der Waals surface area contributed by atoms with Gasteiger partial charge in [-0.25, -0.2) is 0 Å². The van der Waals surface area contributed by atoms with Crippen molar-refractivity contribution in [2.45, 2.75) is 32.8 Å². The molecule has 2 heterocycles. The van der Waals surface area contributed by atoms with Crippen LogP contribution in [0.1, 0.15) is 46.7 Å². The number of carbonyl (C=O) groups is 2. The second-order valence-electron chi connectivity index (χ2n) is 6.61. The van der Waals surface area contributed by atoms with Crippen LogP contribution in [-0.4, -0.2) is 30.9 Å². The fourth-order valence-corrected chi connectivity index (χ4v) is 3.91. The first-order chi connectivity index (χ1) is 12.0. The van der Waals surface area contributed by atoms with Gasteiger partial charge >= 0.3 is 0 Å². The summed E-state index contributed by atoms with van der Waals surface area (Å²) in [7, 11) is 0. The number of benzene rings is 1. The topological polar surface area (TPSA) is 55.4 Å². The highest BCUT2D eigenvalue weighted by Crippen LogP contribution is 2.29. The van der Waals surface area contributed by atoms with E-state index in [1.165, 1.54) is 11.3 Å². The molecule has 1 aromatic heterocycles. The predicted molar refractivity (Wildman–Crippen MR) is 100 cm³/mol. The molecule has 1 aliphatic heterocycles.